The topological polar surface area (TPSA) is 79.9 Å². The first-order valence-corrected chi connectivity index (χ1v) is 8.27. The quantitative estimate of drug-likeness (QED) is 0.538. The minimum atomic E-state index is -0.436. The molecular weight excluding hydrogens is 310 g/mol. The van der Waals surface area contributed by atoms with Gasteiger partial charge in [0.1, 0.15) is 0 Å². The van der Waals surface area contributed by atoms with Gasteiger partial charge in [-0.25, -0.2) is 4.79 Å². The minimum Gasteiger partial charge on any atom is -0.462 e. The summed E-state index contributed by atoms with van der Waals surface area (Å²) in [6, 6.07) is 6.84. The number of benzene rings is 1. The standard InChI is InChI=1S/C17H25N3O4/c1-2-24-17(22)14-5-3-4-6-15(14)19-16(21)13-18-7-8-20-9-11-23-12-10-20/h3-6,18H,2,7-13H2,1H3,(H,19,21). The summed E-state index contributed by atoms with van der Waals surface area (Å²) in [7, 11) is 0. The fourth-order valence-corrected chi connectivity index (χ4v) is 2.44. The zero-order chi connectivity index (χ0) is 17.2. The predicted molar refractivity (Wildman–Crippen MR) is 91.2 cm³/mol. The highest BCUT2D eigenvalue weighted by Gasteiger charge is 2.14. The van der Waals surface area contributed by atoms with E-state index in [2.05, 4.69) is 15.5 Å². The van der Waals surface area contributed by atoms with Gasteiger partial charge >= 0.3 is 5.97 Å². The second kappa shape index (κ2) is 10.0. The lowest BCUT2D eigenvalue weighted by Crippen LogP contribution is -2.41. The number of ether oxygens (including phenoxy) is 2. The molecule has 0 saturated carbocycles. The number of para-hydroxylation sites is 1. The van der Waals surface area contributed by atoms with Crippen molar-refractivity contribution in [1.82, 2.24) is 10.2 Å². The molecule has 0 bridgehead atoms. The first kappa shape index (κ1) is 18.4. The largest absolute Gasteiger partial charge is 0.462 e. The van der Waals surface area contributed by atoms with Gasteiger partial charge in [-0.1, -0.05) is 12.1 Å². The summed E-state index contributed by atoms with van der Waals surface area (Å²) >= 11 is 0. The van der Waals surface area contributed by atoms with Gasteiger partial charge in [-0.05, 0) is 19.1 Å². The summed E-state index contributed by atoms with van der Waals surface area (Å²) in [5.74, 6) is -0.623. The normalized spacial score (nSPS) is 15.0. The van der Waals surface area contributed by atoms with Crippen LogP contribution in [0.2, 0.25) is 0 Å². The van der Waals surface area contributed by atoms with E-state index in [1.807, 2.05) is 0 Å². The van der Waals surface area contributed by atoms with Crippen molar-refractivity contribution >= 4 is 17.6 Å². The molecule has 1 amide bonds. The first-order valence-electron chi connectivity index (χ1n) is 8.27. The number of esters is 1. The van der Waals surface area contributed by atoms with Crippen LogP contribution in [0.5, 0.6) is 0 Å². The van der Waals surface area contributed by atoms with Crippen molar-refractivity contribution in [3.8, 4) is 0 Å². The molecule has 0 aliphatic carbocycles. The van der Waals surface area contributed by atoms with Crippen LogP contribution in [0, 0.1) is 0 Å². The van der Waals surface area contributed by atoms with Crippen LogP contribution >= 0.6 is 0 Å². The Morgan fingerprint density at radius 3 is 2.75 bits per heavy atom. The molecule has 1 heterocycles. The first-order chi connectivity index (χ1) is 11.7. The van der Waals surface area contributed by atoms with Crippen LogP contribution in [0.1, 0.15) is 17.3 Å². The number of carbonyl (C=O) groups is 2. The summed E-state index contributed by atoms with van der Waals surface area (Å²) in [5, 5.41) is 5.87. The lowest BCUT2D eigenvalue weighted by atomic mass is 10.2. The molecule has 1 aromatic rings. The number of anilines is 1. The molecule has 0 spiro atoms. The van der Waals surface area contributed by atoms with Crippen molar-refractivity contribution in [1.29, 1.82) is 0 Å². The van der Waals surface area contributed by atoms with Gasteiger partial charge < -0.3 is 20.1 Å². The van der Waals surface area contributed by atoms with Crippen molar-refractivity contribution in [2.75, 3.05) is 57.9 Å². The molecule has 2 rings (SSSR count). The Morgan fingerprint density at radius 2 is 2.00 bits per heavy atom. The maximum atomic E-state index is 12.0. The van der Waals surface area contributed by atoms with E-state index < -0.39 is 5.97 Å². The van der Waals surface area contributed by atoms with Crippen LogP contribution in [0.15, 0.2) is 24.3 Å². The molecule has 1 aromatic carbocycles. The molecule has 2 N–H and O–H groups in total. The van der Waals surface area contributed by atoms with Gasteiger partial charge in [0.2, 0.25) is 5.91 Å². The van der Waals surface area contributed by atoms with E-state index in [0.717, 1.165) is 39.4 Å². The number of hydrogen-bond acceptors (Lipinski definition) is 6. The molecule has 1 saturated heterocycles. The molecule has 132 valence electrons. The highest BCUT2D eigenvalue weighted by atomic mass is 16.5. The average molecular weight is 335 g/mol. The maximum Gasteiger partial charge on any atom is 0.340 e. The number of nitrogens with one attached hydrogen (secondary N) is 2. The minimum absolute atomic E-state index is 0.186. The van der Waals surface area contributed by atoms with Crippen molar-refractivity contribution in [2.45, 2.75) is 6.92 Å². The Labute approximate surface area is 142 Å². The van der Waals surface area contributed by atoms with Crippen LogP contribution in [-0.4, -0.2) is 69.3 Å². The van der Waals surface area contributed by atoms with E-state index in [0.29, 0.717) is 17.9 Å². The Bertz CT molecular complexity index is 544. The number of amides is 1. The fourth-order valence-electron chi connectivity index (χ4n) is 2.44. The maximum absolute atomic E-state index is 12.0. The smallest absolute Gasteiger partial charge is 0.340 e. The van der Waals surface area contributed by atoms with Gasteiger partial charge in [0, 0.05) is 26.2 Å². The zero-order valence-electron chi connectivity index (χ0n) is 14.0. The molecule has 1 aliphatic heterocycles. The van der Waals surface area contributed by atoms with Crippen molar-refractivity contribution in [3.63, 3.8) is 0 Å². The van der Waals surface area contributed by atoms with E-state index in [1.165, 1.54) is 0 Å². The molecule has 1 aliphatic rings. The highest BCUT2D eigenvalue weighted by molar-refractivity contribution is 6.01. The number of nitrogens with zero attached hydrogens (tertiary/aromatic N) is 1. The predicted octanol–water partition coefficient (Wildman–Crippen LogP) is 0.724. The molecule has 1 fully saturated rings. The zero-order valence-corrected chi connectivity index (χ0v) is 14.0. The third kappa shape index (κ3) is 5.92. The third-order valence-electron chi connectivity index (χ3n) is 3.69. The van der Waals surface area contributed by atoms with Crippen molar-refractivity contribution in [2.24, 2.45) is 0 Å². The van der Waals surface area contributed by atoms with E-state index in [4.69, 9.17) is 9.47 Å². The second-order valence-corrected chi connectivity index (χ2v) is 5.45. The third-order valence-corrected chi connectivity index (χ3v) is 3.69. The summed E-state index contributed by atoms with van der Waals surface area (Å²) < 4.78 is 10.3. The molecule has 24 heavy (non-hydrogen) atoms. The SMILES string of the molecule is CCOC(=O)c1ccccc1NC(=O)CNCCN1CCOCC1. The summed E-state index contributed by atoms with van der Waals surface area (Å²) in [6.07, 6.45) is 0. The summed E-state index contributed by atoms with van der Waals surface area (Å²) in [4.78, 5) is 26.2. The van der Waals surface area contributed by atoms with E-state index in [-0.39, 0.29) is 12.5 Å². The number of morpholine rings is 1. The van der Waals surface area contributed by atoms with Crippen LogP contribution in [0.3, 0.4) is 0 Å². The number of carbonyl (C=O) groups excluding carboxylic acids is 2. The Balaban J connectivity index is 1.74. The van der Waals surface area contributed by atoms with Crippen molar-refractivity contribution < 1.29 is 19.1 Å². The van der Waals surface area contributed by atoms with Gasteiger partial charge in [-0.3, -0.25) is 9.69 Å². The van der Waals surface area contributed by atoms with E-state index >= 15 is 0 Å². The lowest BCUT2D eigenvalue weighted by Gasteiger charge is -2.26. The molecule has 7 heteroatoms. The molecular formula is C17H25N3O4. The molecule has 7 nitrogen and oxygen atoms in total. The Hall–Kier alpha value is -1.96. The molecule has 0 atom stereocenters. The lowest BCUT2D eigenvalue weighted by molar-refractivity contribution is -0.115. The van der Waals surface area contributed by atoms with Gasteiger partial charge in [-0.15, -0.1) is 0 Å². The summed E-state index contributed by atoms with van der Waals surface area (Å²) in [5.41, 5.74) is 0.831. The van der Waals surface area contributed by atoms with Crippen LogP contribution in [0.25, 0.3) is 0 Å². The van der Waals surface area contributed by atoms with Gasteiger partial charge in [0.25, 0.3) is 0 Å². The van der Waals surface area contributed by atoms with Gasteiger partial charge in [-0.2, -0.15) is 0 Å². The van der Waals surface area contributed by atoms with Gasteiger partial charge in [0.15, 0.2) is 0 Å². The Kier molecular flexibility index (Phi) is 7.67. The molecule has 0 aromatic heterocycles. The van der Waals surface area contributed by atoms with Gasteiger partial charge in [0.05, 0.1) is 37.6 Å². The number of hydrogen-bond donors (Lipinski definition) is 2. The average Bonchev–Trinajstić information content (AvgIpc) is 2.60. The molecule has 0 radical (unpaired) electrons. The number of rotatable bonds is 8. The highest BCUT2D eigenvalue weighted by Crippen LogP contribution is 2.16. The fraction of sp³-hybridized carbons (Fsp3) is 0.529. The van der Waals surface area contributed by atoms with E-state index in [9.17, 15) is 9.59 Å². The summed E-state index contributed by atoms with van der Waals surface area (Å²) in [6.45, 7) is 7.25. The van der Waals surface area contributed by atoms with E-state index in [1.54, 1.807) is 31.2 Å². The van der Waals surface area contributed by atoms with Crippen LogP contribution < -0.4 is 10.6 Å². The second-order valence-electron chi connectivity index (χ2n) is 5.45. The van der Waals surface area contributed by atoms with Crippen LogP contribution in [-0.2, 0) is 14.3 Å². The monoisotopic (exact) mass is 335 g/mol. The van der Waals surface area contributed by atoms with Crippen LogP contribution in [0.4, 0.5) is 5.69 Å². The molecule has 0 unspecified atom stereocenters. The Morgan fingerprint density at radius 1 is 1.25 bits per heavy atom. The van der Waals surface area contributed by atoms with Crippen molar-refractivity contribution in [3.05, 3.63) is 29.8 Å².